The highest BCUT2D eigenvalue weighted by atomic mass is 32.2. The average molecular weight is 348 g/mol. The van der Waals surface area contributed by atoms with Crippen molar-refractivity contribution in [3.8, 4) is 0 Å². The zero-order chi connectivity index (χ0) is 17.0. The number of sulfone groups is 1. The fourth-order valence-corrected chi connectivity index (χ4v) is 3.10. The maximum atomic E-state index is 11.5. The quantitative estimate of drug-likeness (QED) is 0.829. The van der Waals surface area contributed by atoms with Crippen LogP contribution in [0.1, 0.15) is 24.1 Å². The van der Waals surface area contributed by atoms with Crippen molar-refractivity contribution in [2.45, 2.75) is 24.8 Å². The van der Waals surface area contributed by atoms with E-state index >= 15 is 0 Å². The molecule has 0 amide bonds. The number of nitrogens with one attached hydrogen (secondary N) is 2. The number of hydrogen-bond donors (Lipinski definition) is 2. The molecule has 2 aromatic carbocycles. The maximum absolute atomic E-state index is 11.5. The molecule has 0 unspecified atom stereocenters. The van der Waals surface area contributed by atoms with Crippen molar-refractivity contribution in [3.63, 3.8) is 0 Å². The number of anilines is 1. The monoisotopic (exact) mass is 348 g/mol. The Balaban J connectivity index is 2.01. The van der Waals surface area contributed by atoms with Crippen molar-refractivity contribution in [1.82, 2.24) is 5.32 Å². The second-order valence-corrected chi connectivity index (χ2v) is 7.95. The largest absolute Gasteiger partial charge is 0.356 e. The molecule has 6 heteroatoms. The van der Waals surface area contributed by atoms with Gasteiger partial charge in [0.05, 0.1) is 10.9 Å². The van der Waals surface area contributed by atoms with Crippen LogP contribution in [0.3, 0.4) is 0 Å². The smallest absolute Gasteiger partial charge is 0.175 e. The van der Waals surface area contributed by atoms with Crippen molar-refractivity contribution in [1.29, 1.82) is 0 Å². The standard InChI is InChI=1S/C17H20N2O2S2/c1-12-5-4-6-15(11-12)19-17(22)18-13(2)14-7-9-16(10-8-14)23(3,20)21/h4-11,13H,1-3H3,(H2,18,19,22)/t13-/m0/s1. The van der Waals surface area contributed by atoms with Gasteiger partial charge in [0, 0.05) is 11.9 Å². The zero-order valence-corrected chi connectivity index (χ0v) is 15.0. The lowest BCUT2D eigenvalue weighted by Crippen LogP contribution is -2.30. The molecule has 0 radical (unpaired) electrons. The Labute approximate surface area is 142 Å². The van der Waals surface area contributed by atoms with Crippen LogP contribution in [0, 0.1) is 6.92 Å². The van der Waals surface area contributed by atoms with Gasteiger partial charge in [0.1, 0.15) is 0 Å². The molecular formula is C17H20N2O2S2. The van der Waals surface area contributed by atoms with E-state index in [4.69, 9.17) is 12.2 Å². The summed E-state index contributed by atoms with van der Waals surface area (Å²) in [4.78, 5) is 0.314. The number of rotatable bonds is 4. The van der Waals surface area contributed by atoms with Gasteiger partial charge in [-0.2, -0.15) is 0 Å². The number of aryl methyl sites for hydroxylation is 1. The molecule has 0 saturated carbocycles. The molecule has 0 spiro atoms. The van der Waals surface area contributed by atoms with Gasteiger partial charge in [0.25, 0.3) is 0 Å². The minimum Gasteiger partial charge on any atom is -0.356 e. The Bertz CT molecular complexity index is 800. The van der Waals surface area contributed by atoms with Gasteiger partial charge in [-0.15, -0.1) is 0 Å². The van der Waals surface area contributed by atoms with Gasteiger partial charge in [0.15, 0.2) is 14.9 Å². The van der Waals surface area contributed by atoms with Crippen molar-refractivity contribution in [2.75, 3.05) is 11.6 Å². The van der Waals surface area contributed by atoms with Crippen molar-refractivity contribution in [3.05, 3.63) is 59.7 Å². The summed E-state index contributed by atoms with van der Waals surface area (Å²) in [7, 11) is -3.17. The molecular weight excluding hydrogens is 328 g/mol. The maximum Gasteiger partial charge on any atom is 0.175 e. The first-order chi connectivity index (χ1) is 10.8. The lowest BCUT2D eigenvalue weighted by Gasteiger charge is -2.18. The lowest BCUT2D eigenvalue weighted by molar-refractivity contribution is 0.601. The van der Waals surface area contributed by atoms with E-state index in [1.165, 1.54) is 6.26 Å². The molecule has 0 aliphatic heterocycles. The molecule has 2 N–H and O–H groups in total. The zero-order valence-electron chi connectivity index (χ0n) is 13.3. The fourth-order valence-electron chi connectivity index (χ4n) is 2.17. The van der Waals surface area contributed by atoms with Gasteiger partial charge in [-0.25, -0.2) is 8.42 Å². The molecule has 4 nitrogen and oxygen atoms in total. The molecule has 122 valence electrons. The van der Waals surface area contributed by atoms with Crippen LogP contribution in [-0.2, 0) is 9.84 Å². The van der Waals surface area contributed by atoms with Crippen LogP contribution in [0.15, 0.2) is 53.4 Å². The van der Waals surface area contributed by atoms with Gasteiger partial charge in [-0.1, -0.05) is 24.3 Å². The highest BCUT2D eigenvalue weighted by Gasteiger charge is 2.10. The molecule has 2 rings (SSSR count). The molecule has 0 aromatic heterocycles. The van der Waals surface area contributed by atoms with E-state index in [0.29, 0.717) is 10.0 Å². The molecule has 0 bridgehead atoms. The minimum atomic E-state index is -3.17. The average Bonchev–Trinajstić information content (AvgIpc) is 2.46. The number of thiocarbonyl (C=S) groups is 1. The summed E-state index contributed by atoms with van der Waals surface area (Å²) < 4.78 is 23.0. The molecule has 23 heavy (non-hydrogen) atoms. The van der Waals surface area contributed by atoms with E-state index in [-0.39, 0.29) is 6.04 Å². The second kappa shape index (κ2) is 7.10. The van der Waals surface area contributed by atoms with Crippen LogP contribution in [0.4, 0.5) is 5.69 Å². The topological polar surface area (TPSA) is 58.2 Å². The van der Waals surface area contributed by atoms with Gasteiger partial charge < -0.3 is 10.6 Å². The summed E-state index contributed by atoms with van der Waals surface area (Å²) in [6.07, 6.45) is 1.20. The van der Waals surface area contributed by atoms with E-state index in [2.05, 4.69) is 10.6 Å². The number of hydrogen-bond acceptors (Lipinski definition) is 3. The highest BCUT2D eigenvalue weighted by Crippen LogP contribution is 2.17. The van der Waals surface area contributed by atoms with Crippen LogP contribution < -0.4 is 10.6 Å². The molecule has 0 heterocycles. The van der Waals surface area contributed by atoms with Gasteiger partial charge in [-0.3, -0.25) is 0 Å². The van der Waals surface area contributed by atoms with Gasteiger partial charge in [0.2, 0.25) is 0 Å². The van der Waals surface area contributed by atoms with Crippen LogP contribution in [0.2, 0.25) is 0 Å². The Morgan fingerprint density at radius 2 is 1.78 bits per heavy atom. The lowest BCUT2D eigenvalue weighted by atomic mass is 10.1. The molecule has 0 aliphatic carbocycles. The normalized spacial score (nSPS) is 12.5. The Morgan fingerprint density at radius 1 is 1.13 bits per heavy atom. The number of benzene rings is 2. The molecule has 0 aliphatic rings. The van der Waals surface area contributed by atoms with E-state index in [1.54, 1.807) is 24.3 Å². The van der Waals surface area contributed by atoms with E-state index in [9.17, 15) is 8.42 Å². The Hall–Kier alpha value is -1.92. The summed E-state index contributed by atoms with van der Waals surface area (Å²) in [6.45, 7) is 3.99. The van der Waals surface area contributed by atoms with Crippen LogP contribution in [0.5, 0.6) is 0 Å². The highest BCUT2D eigenvalue weighted by molar-refractivity contribution is 7.90. The summed E-state index contributed by atoms with van der Waals surface area (Å²) in [6, 6.07) is 14.7. The minimum absolute atomic E-state index is 0.0339. The summed E-state index contributed by atoms with van der Waals surface area (Å²) >= 11 is 5.32. The third kappa shape index (κ3) is 5.04. The molecule has 0 fully saturated rings. The SMILES string of the molecule is Cc1cccc(NC(=S)N[C@@H](C)c2ccc(S(C)(=O)=O)cc2)c1. The molecule has 1 atom stereocenters. The van der Waals surface area contributed by atoms with Crippen LogP contribution >= 0.6 is 12.2 Å². The van der Waals surface area contributed by atoms with Crippen LogP contribution in [0.25, 0.3) is 0 Å². The van der Waals surface area contributed by atoms with Gasteiger partial charge >= 0.3 is 0 Å². The summed E-state index contributed by atoms with van der Waals surface area (Å²) in [5, 5.41) is 6.86. The first-order valence-corrected chi connectivity index (χ1v) is 9.50. The van der Waals surface area contributed by atoms with Crippen molar-refractivity contribution in [2.24, 2.45) is 0 Å². The first-order valence-electron chi connectivity index (χ1n) is 7.20. The fraction of sp³-hybridized carbons (Fsp3) is 0.235. The Morgan fingerprint density at radius 3 is 2.35 bits per heavy atom. The third-order valence-electron chi connectivity index (χ3n) is 3.43. The van der Waals surface area contributed by atoms with E-state index in [1.807, 2.05) is 38.1 Å². The van der Waals surface area contributed by atoms with Gasteiger partial charge in [-0.05, 0) is 61.5 Å². The second-order valence-electron chi connectivity index (χ2n) is 5.53. The third-order valence-corrected chi connectivity index (χ3v) is 4.78. The summed E-state index contributed by atoms with van der Waals surface area (Å²) in [5.41, 5.74) is 3.05. The predicted molar refractivity (Wildman–Crippen MR) is 98.5 cm³/mol. The van der Waals surface area contributed by atoms with E-state index < -0.39 is 9.84 Å². The van der Waals surface area contributed by atoms with E-state index in [0.717, 1.165) is 16.8 Å². The molecule has 0 saturated heterocycles. The predicted octanol–water partition coefficient (Wildman–Crippen LogP) is 3.45. The van der Waals surface area contributed by atoms with Crippen molar-refractivity contribution >= 4 is 32.9 Å². The molecule has 2 aromatic rings. The van der Waals surface area contributed by atoms with Crippen molar-refractivity contribution < 1.29 is 8.42 Å². The first kappa shape index (κ1) is 17.4. The summed E-state index contributed by atoms with van der Waals surface area (Å²) in [5.74, 6) is 0. The van der Waals surface area contributed by atoms with Crippen LogP contribution in [-0.4, -0.2) is 19.8 Å². The Kier molecular flexibility index (Phi) is 5.38.